The summed E-state index contributed by atoms with van der Waals surface area (Å²) < 4.78 is 6.81. The number of benzene rings is 1. The maximum Gasteiger partial charge on any atom is 0.309 e. The molecule has 0 fully saturated rings. The molecular formula is C14H16N2O3. The van der Waals surface area contributed by atoms with E-state index in [2.05, 4.69) is 5.10 Å². The summed E-state index contributed by atoms with van der Waals surface area (Å²) in [4.78, 5) is 10.7. The van der Waals surface area contributed by atoms with Gasteiger partial charge in [0.15, 0.2) is 0 Å². The zero-order valence-corrected chi connectivity index (χ0v) is 11.2. The summed E-state index contributed by atoms with van der Waals surface area (Å²) in [5.41, 5.74) is 3.41. The normalized spacial score (nSPS) is 10.5. The number of carbonyl (C=O) groups is 1. The number of nitrogens with zero attached hydrogens (tertiary/aromatic N) is 2. The van der Waals surface area contributed by atoms with Crippen LogP contribution in [0.25, 0.3) is 11.3 Å². The van der Waals surface area contributed by atoms with E-state index in [1.54, 1.807) is 24.9 Å². The molecule has 0 bridgehead atoms. The van der Waals surface area contributed by atoms with E-state index >= 15 is 0 Å². The van der Waals surface area contributed by atoms with Gasteiger partial charge in [0, 0.05) is 18.3 Å². The van der Waals surface area contributed by atoms with Gasteiger partial charge in [-0.2, -0.15) is 5.10 Å². The Hall–Kier alpha value is -2.30. The second-order valence-corrected chi connectivity index (χ2v) is 4.40. The van der Waals surface area contributed by atoms with Crippen molar-refractivity contribution in [2.45, 2.75) is 13.3 Å². The average molecular weight is 260 g/mol. The molecule has 0 radical (unpaired) electrons. The second-order valence-electron chi connectivity index (χ2n) is 4.40. The van der Waals surface area contributed by atoms with Crippen LogP contribution in [0.4, 0.5) is 0 Å². The molecule has 0 saturated heterocycles. The van der Waals surface area contributed by atoms with Crippen molar-refractivity contribution in [2.75, 3.05) is 7.11 Å². The summed E-state index contributed by atoms with van der Waals surface area (Å²) in [6.45, 7) is 1.96. The number of hydrogen-bond donors (Lipinski definition) is 1. The fourth-order valence-corrected chi connectivity index (χ4v) is 2.01. The average Bonchev–Trinajstić information content (AvgIpc) is 2.70. The van der Waals surface area contributed by atoms with E-state index in [4.69, 9.17) is 9.84 Å². The second kappa shape index (κ2) is 5.14. The third kappa shape index (κ3) is 2.76. The summed E-state index contributed by atoms with van der Waals surface area (Å²) in [5.74, 6) is -0.0362. The third-order valence-corrected chi connectivity index (χ3v) is 3.00. The van der Waals surface area contributed by atoms with E-state index in [0.29, 0.717) is 5.69 Å². The first-order valence-electron chi connectivity index (χ1n) is 5.91. The molecule has 5 nitrogen and oxygen atoms in total. The zero-order chi connectivity index (χ0) is 14.0. The van der Waals surface area contributed by atoms with Crippen LogP contribution in [0.15, 0.2) is 24.3 Å². The van der Waals surface area contributed by atoms with E-state index in [0.717, 1.165) is 22.6 Å². The Labute approximate surface area is 111 Å². The minimum atomic E-state index is -0.861. The molecule has 0 spiro atoms. The molecule has 0 aliphatic heterocycles. The van der Waals surface area contributed by atoms with Gasteiger partial charge in [0.2, 0.25) is 0 Å². The topological polar surface area (TPSA) is 64.3 Å². The molecule has 0 unspecified atom stereocenters. The molecule has 1 N–H and O–H groups in total. The molecule has 0 aliphatic rings. The number of aromatic nitrogens is 2. The van der Waals surface area contributed by atoms with Gasteiger partial charge in [0.05, 0.1) is 19.2 Å². The fraction of sp³-hybridized carbons (Fsp3) is 0.286. The molecule has 1 aromatic carbocycles. The van der Waals surface area contributed by atoms with Gasteiger partial charge in [-0.05, 0) is 36.8 Å². The highest BCUT2D eigenvalue weighted by Gasteiger charge is 2.11. The number of ether oxygens (including phenoxy) is 1. The van der Waals surface area contributed by atoms with Gasteiger partial charge < -0.3 is 9.84 Å². The predicted octanol–water partition coefficient (Wildman–Crippen LogP) is 2.03. The highest BCUT2D eigenvalue weighted by Crippen LogP contribution is 2.25. The smallest absolute Gasteiger partial charge is 0.309 e. The van der Waals surface area contributed by atoms with Crippen LogP contribution < -0.4 is 4.74 Å². The number of aryl methyl sites for hydroxylation is 2. The third-order valence-electron chi connectivity index (χ3n) is 3.00. The highest BCUT2D eigenvalue weighted by atomic mass is 16.5. The first-order chi connectivity index (χ1) is 9.01. The molecule has 0 saturated carbocycles. The van der Waals surface area contributed by atoms with Crippen LogP contribution in [0, 0.1) is 6.92 Å². The molecule has 2 aromatic rings. The van der Waals surface area contributed by atoms with Crippen molar-refractivity contribution in [2.24, 2.45) is 7.05 Å². The van der Waals surface area contributed by atoms with E-state index < -0.39 is 5.97 Å². The molecule has 0 atom stereocenters. The van der Waals surface area contributed by atoms with Gasteiger partial charge in [0.1, 0.15) is 5.75 Å². The number of methoxy groups -OCH3 is 1. The minimum Gasteiger partial charge on any atom is -0.496 e. The summed E-state index contributed by atoms with van der Waals surface area (Å²) in [6.07, 6.45) is -0.0291. The van der Waals surface area contributed by atoms with Gasteiger partial charge in [0.25, 0.3) is 0 Å². The monoisotopic (exact) mass is 260 g/mol. The van der Waals surface area contributed by atoms with Crippen molar-refractivity contribution in [3.05, 3.63) is 35.5 Å². The maximum absolute atomic E-state index is 10.7. The largest absolute Gasteiger partial charge is 0.496 e. The van der Waals surface area contributed by atoms with Gasteiger partial charge in [-0.1, -0.05) is 0 Å². The lowest BCUT2D eigenvalue weighted by atomic mass is 10.1. The van der Waals surface area contributed by atoms with Gasteiger partial charge >= 0.3 is 5.97 Å². The Morgan fingerprint density at radius 2 is 2.16 bits per heavy atom. The minimum absolute atomic E-state index is 0.0291. The van der Waals surface area contributed by atoms with Crippen LogP contribution in [0.5, 0.6) is 5.75 Å². The molecule has 0 amide bonds. The summed E-state index contributed by atoms with van der Waals surface area (Å²) >= 11 is 0. The van der Waals surface area contributed by atoms with E-state index in [-0.39, 0.29) is 6.42 Å². The molecule has 2 rings (SSSR count). The van der Waals surface area contributed by atoms with E-state index in [1.165, 1.54) is 0 Å². The van der Waals surface area contributed by atoms with E-state index in [9.17, 15) is 4.79 Å². The Balaban J connectivity index is 2.37. The molecule has 0 aliphatic carbocycles. The quantitative estimate of drug-likeness (QED) is 0.913. The van der Waals surface area contributed by atoms with Crippen molar-refractivity contribution in [1.29, 1.82) is 0 Å². The summed E-state index contributed by atoms with van der Waals surface area (Å²) in [7, 11) is 3.38. The zero-order valence-electron chi connectivity index (χ0n) is 11.2. The Morgan fingerprint density at radius 3 is 2.74 bits per heavy atom. The van der Waals surface area contributed by atoms with Crippen molar-refractivity contribution in [1.82, 2.24) is 9.78 Å². The lowest BCUT2D eigenvalue weighted by molar-refractivity contribution is -0.136. The van der Waals surface area contributed by atoms with E-state index in [1.807, 2.05) is 25.1 Å². The predicted molar refractivity (Wildman–Crippen MR) is 71.3 cm³/mol. The lowest BCUT2D eigenvalue weighted by Crippen LogP contribution is -2.05. The van der Waals surface area contributed by atoms with Crippen LogP contribution in [0.1, 0.15) is 11.3 Å². The van der Waals surface area contributed by atoms with Gasteiger partial charge in [-0.3, -0.25) is 9.48 Å². The van der Waals surface area contributed by atoms with Crippen LogP contribution in [0.2, 0.25) is 0 Å². The SMILES string of the molecule is COc1ccc(-c2cc(CC(=O)O)n(C)n2)cc1C. The van der Waals surface area contributed by atoms with Crippen LogP contribution in [0.3, 0.4) is 0 Å². The van der Waals surface area contributed by atoms with Crippen molar-refractivity contribution in [3.8, 4) is 17.0 Å². The molecule has 19 heavy (non-hydrogen) atoms. The van der Waals surface area contributed by atoms with Crippen molar-refractivity contribution < 1.29 is 14.6 Å². The first-order valence-corrected chi connectivity index (χ1v) is 5.91. The first kappa shape index (κ1) is 13.1. The number of carboxylic acids is 1. The number of rotatable bonds is 4. The Bertz CT molecular complexity index is 617. The van der Waals surface area contributed by atoms with Crippen molar-refractivity contribution in [3.63, 3.8) is 0 Å². The molecule has 1 aromatic heterocycles. The summed E-state index contributed by atoms with van der Waals surface area (Å²) in [5, 5.41) is 13.2. The Kier molecular flexibility index (Phi) is 3.55. The standard InChI is InChI=1S/C14H16N2O3/c1-9-6-10(4-5-13(9)19-3)12-7-11(8-14(17)18)16(2)15-12/h4-7H,8H2,1-3H3,(H,17,18). The number of hydrogen-bond acceptors (Lipinski definition) is 3. The molecule has 100 valence electrons. The van der Waals surface area contributed by atoms with Crippen LogP contribution in [-0.2, 0) is 18.3 Å². The van der Waals surface area contributed by atoms with Gasteiger partial charge in [-0.25, -0.2) is 0 Å². The number of aliphatic carboxylic acids is 1. The number of carboxylic acid groups (broad SMARTS) is 1. The lowest BCUT2D eigenvalue weighted by Gasteiger charge is -2.05. The maximum atomic E-state index is 10.7. The highest BCUT2D eigenvalue weighted by molar-refractivity contribution is 5.71. The summed E-state index contributed by atoms with van der Waals surface area (Å²) in [6, 6.07) is 7.58. The molecular weight excluding hydrogens is 244 g/mol. The van der Waals surface area contributed by atoms with Gasteiger partial charge in [-0.15, -0.1) is 0 Å². The molecule has 1 heterocycles. The Morgan fingerprint density at radius 1 is 1.42 bits per heavy atom. The van der Waals surface area contributed by atoms with Crippen LogP contribution >= 0.6 is 0 Å². The van der Waals surface area contributed by atoms with Crippen molar-refractivity contribution >= 4 is 5.97 Å². The molecule has 5 heteroatoms. The fourth-order valence-electron chi connectivity index (χ4n) is 2.01. The van der Waals surface area contributed by atoms with Crippen LogP contribution in [-0.4, -0.2) is 28.0 Å².